The number of hydrogen-bond donors (Lipinski definition) is 1. The molecule has 0 saturated heterocycles. The van der Waals surface area contributed by atoms with Crippen molar-refractivity contribution >= 4 is 29.7 Å². The Labute approximate surface area is 142 Å². The fraction of sp³-hybridized carbons (Fsp3) is 0.118. The van der Waals surface area contributed by atoms with Crippen LogP contribution in [-0.4, -0.2) is 37.2 Å². The SMILES string of the molecule is COC(=O)c1ccc(Sc2ccc(C(=O)O)cc2)c(C(=O)OC)c1. The van der Waals surface area contributed by atoms with Crippen LogP contribution in [-0.2, 0) is 9.47 Å². The van der Waals surface area contributed by atoms with Crippen molar-refractivity contribution in [2.24, 2.45) is 0 Å². The topological polar surface area (TPSA) is 89.9 Å². The normalized spacial score (nSPS) is 10.1. The van der Waals surface area contributed by atoms with E-state index in [2.05, 4.69) is 4.74 Å². The maximum Gasteiger partial charge on any atom is 0.339 e. The Bertz CT molecular complexity index is 782. The fourth-order valence-corrected chi connectivity index (χ4v) is 2.84. The molecule has 0 aromatic heterocycles. The van der Waals surface area contributed by atoms with Gasteiger partial charge in [-0.25, -0.2) is 14.4 Å². The fourth-order valence-electron chi connectivity index (χ4n) is 1.93. The van der Waals surface area contributed by atoms with Gasteiger partial charge in [-0.1, -0.05) is 11.8 Å². The van der Waals surface area contributed by atoms with Gasteiger partial charge < -0.3 is 14.6 Å². The molecule has 0 saturated carbocycles. The molecule has 6 nitrogen and oxygen atoms in total. The summed E-state index contributed by atoms with van der Waals surface area (Å²) < 4.78 is 9.40. The molecule has 2 aromatic carbocycles. The number of ether oxygens (including phenoxy) is 2. The highest BCUT2D eigenvalue weighted by atomic mass is 32.2. The van der Waals surface area contributed by atoms with Gasteiger partial charge in [0.2, 0.25) is 0 Å². The van der Waals surface area contributed by atoms with Crippen molar-refractivity contribution in [2.45, 2.75) is 9.79 Å². The number of esters is 2. The van der Waals surface area contributed by atoms with Crippen LogP contribution in [0.4, 0.5) is 0 Å². The van der Waals surface area contributed by atoms with Crippen LogP contribution in [0.25, 0.3) is 0 Å². The summed E-state index contributed by atoms with van der Waals surface area (Å²) in [7, 11) is 2.51. The largest absolute Gasteiger partial charge is 0.478 e. The second-order valence-corrected chi connectivity index (χ2v) is 5.74. The first-order valence-electron chi connectivity index (χ1n) is 6.78. The second-order valence-electron chi connectivity index (χ2n) is 4.63. The third kappa shape index (κ3) is 3.94. The number of aromatic carboxylic acids is 1. The number of carbonyl (C=O) groups is 3. The Balaban J connectivity index is 2.36. The van der Waals surface area contributed by atoms with Crippen molar-refractivity contribution in [3.8, 4) is 0 Å². The average molecular weight is 346 g/mol. The Hall–Kier alpha value is -2.80. The van der Waals surface area contributed by atoms with E-state index in [0.717, 1.165) is 4.90 Å². The minimum absolute atomic E-state index is 0.175. The molecule has 0 amide bonds. The molecule has 0 bridgehead atoms. The standard InChI is InChI=1S/C17H14O6S/c1-22-16(20)11-5-8-14(13(9-11)17(21)23-2)24-12-6-3-10(4-7-12)15(18)19/h3-9H,1-2H3,(H,18,19). The number of hydrogen-bond acceptors (Lipinski definition) is 6. The van der Waals surface area contributed by atoms with E-state index in [9.17, 15) is 14.4 Å². The molecule has 2 aromatic rings. The molecule has 0 spiro atoms. The molecule has 0 radical (unpaired) electrons. The molecule has 1 N–H and O–H groups in total. The predicted molar refractivity (Wildman–Crippen MR) is 86.6 cm³/mol. The van der Waals surface area contributed by atoms with Gasteiger partial charge in [0.25, 0.3) is 0 Å². The second kappa shape index (κ2) is 7.65. The van der Waals surface area contributed by atoms with E-state index in [1.807, 2.05) is 0 Å². The number of methoxy groups -OCH3 is 2. The van der Waals surface area contributed by atoms with Gasteiger partial charge in [0.15, 0.2) is 0 Å². The summed E-state index contributed by atoms with van der Waals surface area (Å²) in [5.74, 6) is -2.14. The Morgan fingerprint density at radius 2 is 1.46 bits per heavy atom. The third-order valence-corrected chi connectivity index (χ3v) is 4.22. The molecular formula is C17H14O6S. The van der Waals surface area contributed by atoms with Crippen molar-refractivity contribution in [3.63, 3.8) is 0 Å². The van der Waals surface area contributed by atoms with Gasteiger partial charge in [-0.3, -0.25) is 0 Å². The molecule has 0 unspecified atom stereocenters. The zero-order valence-electron chi connectivity index (χ0n) is 12.9. The van der Waals surface area contributed by atoms with Gasteiger partial charge >= 0.3 is 17.9 Å². The van der Waals surface area contributed by atoms with Crippen molar-refractivity contribution in [1.82, 2.24) is 0 Å². The minimum Gasteiger partial charge on any atom is -0.478 e. The van der Waals surface area contributed by atoms with E-state index in [1.54, 1.807) is 24.3 Å². The van der Waals surface area contributed by atoms with Gasteiger partial charge in [-0.05, 0) is 42.5 Å². The zero-order valence-corrected chi connectivity index (χ0v) is 13.8. The summed E-state index contributed by atoms with van der Waals surface area (Å²) in [6, 6.07) is 10.8. The quantitative estimate of drug-likeness (QED) is 0.832. The molecule has 2 rings (SSSR count). The van der Waals surface area contributed by atoms with Crippen LogP contribution in [0, 0.1) is 0 Å². The van der Waals surface area contributed by atoms with E-state index in [0.29, 0.717) is 4.90 Å². The van der Waals surface area contributed by atoms with Crippen LogP contribution < -0.4 is 0 Å². The van der Waals surface area contributed by atoms with E-state index >= 15 is 0 Å². The maximum atomic E-state index is 12.0. The van der Waals surface area contributed by atoms with Crippen molar-refractivity contribution in [2.75, 3.05) is 14.2 Å². The van der Waals surface area contributed by atoms with Crippen LogP contribution in [0.5, 0.6) is 0 Å². The van der Waals surface area contributed by atoms with Crippen LogP contribution in [0.15, 0.2) is 52.3 Å². The van der Waals surface area contributed by atoms with Gasteiger partial charge in [0.05, 0.1) is 30.9 Å². The summed E-state index contributed by atoms with van der Waals surface area (Å²) in [6.45, 7) is 0. The first-order valence-corrected chi connectivity index (χ1v) is 7.59. The van der Waals surface area contributed by atoms with Crippen molar-refractivity contribution in [1.29, 1.82) is 0 Å². The molecule has 124 valence electrons. The van der Waals surface area contributed by atoms with E-state index < -0.39 is 17.9 Å². The van der Waals surface area contributed by atoms with Gasteiger partial charge in [0.1, 0.15) is 0 Å². The predicted octanol–water partition coefficient (Wildman–Crippen LogP) is 3.11. The Morgan fingerprint density at radius 1 is 0.875 bits per heavy atom. The summed E-state index contributed by atoms with van der Waals surface area (Å²) in [6.07, 6.45) is 0. The van der Waals surface area contributed by atoms with Crippen molar-refractivity contribution in [3.05, 3.63) is 59.2 Å². The monoisotopic (exact) mass is 346 g/mol. The molecule has 0 aliphatic carbocycles. The lowest BCUT2D eigenvalue weighted by atomic mass is 10.1. The van der Waals surface area contributed by atoms with Crippen LogP contribution in [0.3, 0.4) is 0 Å². The van der Waals surface area contributed by atoms with Gasteiger partial charge in [0, 0.05) is 9.79 Å². The third-order valence-electron chi connectivity index (χ3n) is 3.14. The molecule has 0 fully saturated rings. The van der Waals surface area contributed by atoms with Crippen LogP contribution in [0.2, 0.25) is 0 Å². The summed E-state index contributed by atoms with van der Waals surface area (Å²) in [5, 5.41) is 8.91. The zero-order chi connectivity index (χ0) is 17.7. The van der Waals surface area contributed by atoms with E-state index in [-0.39, 0.29) is 16.7 Å². The van der Waals surface area contributed by atoms with Crippen LogP contribution in [0.1, 0.15) is 31.1 Å². The lowest BCUT2D eigenvalue weighted by Crippen LogP contribution is -2.07. The van der Waals surface area contributed by atoms with Gasteiger partial charge in [-0.15, -0.1) is 0 Å². The molecule has 0 aliphatic heterocycles. The molecule has 0 heterocycles. The first-order chi connectivity index (χ1) is 11.5. The lowest BCUT2D eigenvalue weighted by molar-refractivity contribution is 0.0594. The number of benzene rings is 2. The Kier molecular flexibility index (Phi) is 5.59. The maximum absolute atomic E-state index is 12.0. The molecule has 24 heavy (non-hydrogen) atoms. The smallest absolute Gasteiger partial charge is 0.339 e. The van der Waals surface area contributed by atoms with Gasteiger partial charge in [-0.2, -0.15) is 0 Å². The highest BCUT2D eigenvalue weighted by Gasteiger charge is 2.17. The highest BCUT2D eigenvalue weighted by molar-refractivity contribution is 7.99. The summed E-state index contributed by atoms with van der Waals surface area (Å²) in [4.78, 5) is 35.8. The number of rotatable bonds is 5. The molecule has 7 heteroatoms. The highest BCUT2D eigenvalue weighted by Crippen LogP contribution is 2.32. The Morgan fingerprint density at radius 3 is 2.00 bits per heavy atom. The lowest BCUT2D eigenvalue weighted by Gasteiger charge is -2.09. The first kappa shape index (κ1) is 17.6. The number of carbonyl (C=O) groups excluding carboxylic acids is 2. The molecule has 0 aliphatic rings. The van der Waals surface area contributed by atoms with E-state index in [1.165, 1.54) is 44.2 Å². The molecular weight excluding hydrogens is 332 g/mol. The number of carboxylic acids is 1. The minimum atomic E-state index is -1.01. The average Bonchev–Trinajstić information content (AvgIpc) is 2.61. The summed E-state index contributed by atoms with van der Waals surface area (Å²) >= 11 is 1.26. The number of carboxylic acid groups (broad SMARTS) is 1. The van der Waals surface area contributed by atoms with E-state index in [4.69, 9.17) is 9.84 Å². The van der Waals surface area contributed by atoms with Crippen LogP contribution >= 0.6 is 11.8 Å². The molecule has 0 atom stereocenters. The van der Waals surface area contributed by atoms with Crippen molar-refractivity contribution < 1.29 is 29.0 Å². The summed E-state index contributed by atoms with van der Waals surface area (Å²) in [5.41, 5.74) is 0.643.